The van der Waals surface area contributed by atoms with Crippen LogP contribution in [0.4, 0.5) is 5.69 Å². The summed E-state index contributed by atoms with van der Waals surface area (Å²) in [5.41, 5.74) is 9.79. The van der Waals surface area contributed by atoms with E-state index in [9.17, 15) is 4.79 Å². The van der Waals surface area contributed by atoms with Crippen molar-refractivity contribution in [3.8, 4) is 16.9 Å². The normalized spacial score (nSPS) is 11.1. The van der Waals surface area contributed by atoms with Gasteiger partial charge in [-0.25, -0.2) is 4.98 Å². The summed E-state index contributed by atoms with van der Waals surface area (Å²) in [5, 5.41) is 0.863. The molecule has 6 nitrogen and oxygen atoms in total. The number of benzene rings is 2. The number of hydrogen-bond donors (Lipinski definition) is 1. The Morgan fingerprint density at radius 2 is 1.82 bits per heavy atom. The van der Waals surface area contributed by atoms with Crippen molar-refractivity contribution in [3.05, 3.63) is 88.8 Å². The molecule has 0 amide bonds. The Kier molecular flexibility index (Phi) is 7.94. The fraction of sp³-hybridized carbons (Fsp3) is 0.286. The van der Waals surface area contributed by atoms with E-state index in [0.717, 1.165) is 41.5 Å². The number of unbranched alkanes of at least 4 members (excludes halogenated alkanes) is 1. The van der Waals surface area contributed by atoms with Crippen molar-refractivity contribution < 1.29 is 9.47 Å². The third-order valence-electron chi connectivity index (χ3n) is 5.73. The van der Waals surface area contributed by atoms with E-state index >= 15 is 0 Å². The number of aryl methyl sites for hydroxylation is 1. The molecule has 0 atom stereocenters. The molecule has 4 rings (SSSR count). The Morgan fingerprint density at radius 3 is 2.65 bits per heavy atom. The third-order valence-corrected chi connectivity index (χ3v) is 5.73. The summed E-state index contributed by atoms with van der Waals surface area (Å²) in [6.07, 6.45) is 4.37. The van der Waals surface area contributed by atoms with Crippen LogP contribution in [0.3, 0.4) is 0 Å². The quantitative estimate of drug-likeness (QED) is 0.304. The highest BCUT2D eigenvalue weighted by molar-refractivity contribution is 5.99. The summed E-state index contributed by atoms with van der Waals surface area (Å²) >= 11 is 0. The second kappa shape index (κ2) is 11.5. The minimum absolute atomic E-state index is 0.198. The van der Waals surface area contributed by atoms with Crippen LogP contribution in [0.5, 0.6) is 5.75 Å². The van der Waals surface area contributed by atoms with Gasteiger partial charge in [0.25, 0.3) is 5.56 Å². The molecule has 34 heavy (non-hydrogen) atoms. The highest BCUT2D eigenvalue weighted by atomic mass is 16.5. The first kappa shape index (κ1) is 23.5. The van der Waals surface area contributed by atoms with Crippen LogP contribution in [0.1, 0.15) is 31.7 Å². The number of ether oxygens (including phenoxy) is 2. The number of nitrogen functional groups attached to an aromatic ring is 1. The van der Waals surface area contributed by atoms with Crippen molar-refractivity contribution >= 4 is 16.7 Å². The Balaban J connectivity index is 1.47. The van der Waals surface area contributed by atoms with Gasteiger partial charge in [0, 0.05) is 30.1 Å². The van der Waals surface area contributed by atoms with Gasteiger partial charge in [0.05, 0.1) is 19.8 Å². The average molecular weight is 458 g/mol. The van der Waals surface area contributed by atoms with E-state index in [1.165, 1.54) is 0 Å². The average Bonchev–Trinajstić information content (AvgIpc) is 2.87. The van der Waals surface area contributed by atoms with Crippen molar-refractivity contribution in [1.29, 1.82) is 0 Å². The van der Waals surface area contributed by atoms with Gasteiger partial charge in [-0.15, -0.1) is 0 Å². The van der Waals surface area contributed by atoms with Crippen molar-refractivity contribution in [2.24, 2.45) is 0 Å². The van der Waals surface area contributed by atoms with Crippen molar-refractivity contribution in [2.45, 2.75) is 39.3 Å². The predicted molar refractivity (Wildman–Crippen MR) is 137 cm³/mol. The van der Waals surface area contributed by atoms with E-state index in [4.69, 9.17) is 15.2 Å². The Hall–Kier alpha value is -3.64. The lowest BCUT2D eigenvalue weighted by molar-refractivity contribution is 0.107. The summed E-state index contributed by atoms with van der Waals surface area (Å²) in [4.78, 5) is 17.6. The van der Waals surface area contributed by atoms with Crippen LogP contribution < -0.4 is 16.0 Å². The highest BCUT2D eigenvalue weighted by Gasteiger charge is 2.17. The van der Waals surface area contributed by atoms with Crippen LogP contribution >= 0.6 is 0 Å². The number of nitrogens with zero attached hydrogens (tertiary/aromatic N) is 2. The van der Waals surface area contributed by atoms with E-state index in [0.29, 0.717) is 37.6 Å². The number of anilines is 1. The maximum atomic E-state index is 13.1. The Labute approximate surface area is 200 Å². The molecule has 0 bridgehead atoms. The summed E-state index contributed by atoms with van der Waals surface area (Å²) in [6, 6.07) is 21.7. The van der Waals surface area contributed by atoms with Crippen LogP contribution in [0.15, 0.2) is 77.7 Å². The molecular weight excluding hydrogens is 426 g/mol. The van der Waals surface area contributed by atoms with E-state index in [1.807, 2.05) is 54.6 Å². The molecule has 0 aliphatic heterocycles. The van der Waals surface area contributed by atoms with Gasteiger partial charge < -0.3 is 15.2 Å². The molecule has 2 heterocycles. The van der Waals surface area contributed by atoms with E-state index in [-0.39, 0.29) is 11.2 Å². The molecule has 2 aromatic carbocycles. The largest absolute Gasteiger partial charge is 0.493 e. The van der Waals surface area contributed by atoms with Gasteiger partial charge in [-0.2, -0.15) is 0 Å². The first-order valence-corrected chi connectivity index (χ1v) is 11.8. The monoisotopic (exact) mass is 457 g/mol. The first-order valence-electron chi connectivity index (χ1n) is 11.8. The molecule has 2 N–H and O–H groups in total. The van der Waals surface area contributed by atoms with Crippen molar-refractivity contribution in [3.63, 3.8) is 0 Å². The molecule has 0 unspecified atom stereocenters. The maximum absolute atomic E-state index is 13.1. The zero-order chi connectivity index (χ0) is 23.8. The molecule has 2 aromatic heterocycles. The van der Waals surface area contributed by atoms with Gasteiger partial charge in [0.2, 0.25) is 0 Å². The summed E-state index contributed by atoms with van der Waals surface area (Å²) in [6.45, 7) is 4.45. The van der Waals surface area contributed by atoms with E-state index < -0.39 is 0 Å². The molecular formula is C28H31N3O3. The summed E-state index contributed by atoms with van der Waals surface area (Å²) < 4.78 is 13.4. The zero-order valence-corrected chi connectivity index (χ0v) is 19.6. The summed E-state index contributed by atoms with van der Waals surface area (Å²) in [7, 11) is 0. The van der Waals surface area contributed by atoms with Gasteiger partial charge in [0.15, 0.2) is 0 Å². The number of hydrogen-bond acceptors (Lipinski definition) is 5. The van der Waals surface area contributed by atoms with Gasteiger partial charge in [-0.05, 0) is 41.8 Å². The lowest BCUT2D eigenvalue weighted by atomic mass is 10.0. The number of nitrogens with two attached hydrogens (primary N) is 1. The Bertz CT molecular complexity index is 1290. The van der Waals surface area contributed by atoms with Gasteiger partial charge >= 0.3 is 0 Å². The molecule has 0 fully saturated rings. The summed E-state index contributed by atoms with van der Waals surface area (Å²) in [5.74, 6) is 0.729. The van der Waals surface area contributed by atoms with Gasteiger partial charge in [0.1, 0.15) is 17.1 Å². The molecule has 0 saturated carbocycles. The molecule has 0 aliphatic carbocycles. The fourth-order valence-corrected chi connectivity index (χ4v) is 3.99. The van der Waals surface area contributed by atoms with Crippen molar-refractivity contribution in [1.82, 2.24) is 9.55 Å². The fourth-order valence-electron chi connectivity index (χ4n) is 3.99. The SMILES string of the molecule is CCCCn1c(=O)c(N)c(-c2cccc(OCCCOCc3ccccc3)c2)c2cccnc21. The number of rotatable bonds is 11. The molecule has 0 aliphatic rings. The molecule has 0 radical (unpaired) electrons. The number of fused-ring (bicyclic) bond motifs is 1. The number of pyridine rings is 2. The molecule has 176 valence electrons. The lowest BCUT2D eigenvalue weighted by Gasteiger charge is -2.16. The first-order chi connectivity index (χ1) is 16.7. The van der Waals surface area contributed by atoms with Crippen LogP contribution in [0, 0.1) is 0 Å². The highest BCUT2D eigenvalue weighted by Crippen LogP contribution is 2.33. The molecule has 6 heteroatoms. The van der Waals surface area contributed by atoms with Crippen LogP contribution in [-0.2, 0) is 17.9 Å². The minimum atomic E-state index is -0.198. The molecule has 0 spiro atoms. The lowest BCUT2D eigenvalue weighted by Crippen LogP contribution is -2.25. The van der Waals surface area contributed by atoms with Crippen LogP contribution in [0.25, 0.3) is 22.2 Å². The third kappa shape index (κ3) is 5.46. The zero-order valence-electron chi connectivity index (χ0n) is 19.6. The molecule has 0 saturated heterocycles. The van der Waals surface area contributed by atoms with E-state index in [2.05, 4.69) is 24.0 Å². The maximum Gasteiger partial charge on any atom is 0.275 e. The second-order valence-corrected chi connectivity index (χ2v) is 8.24. The van der Waals surface area contributed by atoms with Crippen LogP contribution in [-0.4, -0.2) is 22.8 Å². The predicted octanol–water partition coefficient (Wildman–Crippen LogP) is 5.43. The van der Waals surface area contributed by atoms with E-state index in [1.54, 1.807) is 10.8 Å². The Morgan fingerprint density at radius 1 is 0.971 bits per heavy atom. The molecule has 4 aromatic rings. The van der Waals surface area contributed by atoms with Crippen LogP contribution in [0.2, 0.25) is 0 Å². The standard InChI is InChI=1S/C28H31N3O3/c1-2-3-16-31-27-24(14-8-15-30-27)25(26(29)28(31)32)22-12-7-13-23(19-22)34-18-9-17-33-20-21-10-5-4-6-11-21/h4-8,10-15,19H,2-3,9,16-18,20,29H2,1H3. The topological polar surface area (TPSA) is 79.4 Å². The number of aromatic nitrogens is 2. The minimum Gasteiger partial charge on any atom is -0.493 e. The van der Waals surface area contributed by atoms with Gasteiger partial charge in [-0.3, -0.25) is 9.36 Å². The van der Waals surface area contributed by atoms with Crippen molar-refractivity contribution in [2.75, 3.05) is 18.9 Å². The smallest absolute Gasteiger partial charge is 0.275 e. The van der Waals surface area contributed by atoms with Gasteiger partial charge in [-0.1, -0.05) is 55.8 Å². The second-order valence-electron chi connectivity index (χ2n) is 8.24.